The number of halogens is 3. The molecule has 2 aromatic carbocycles. The summed E-state index contributed by atoms with van der Waals surface area (Å²) < 4.78 is 41.2. The predicted molar refractivity (Wildman–Crippen MR) is 106 cm³/mol. The summed E-state index contributed by atoms with van der Waals surface area (Å²) in [6.45, 7) is 2.89. The molecule has 4 nitrogen and oxygen atoms in total. The van der Waals surface area contributed by atoms with Crippen molar-refractivity contribution in [2.75, 3.05) is 31.1 Å². The van der Waals surface area contributed by atoms with Crippen molar-refractivity contribution in [3.05, 3.63) is 81.6 Å². The van der Waals surface area contributed by atoms with E-state index < -0.39 is 17.7 Å². The van der Waals surface area contributed by atoms with E-state index in [0.717, 1.165) is 6.07 Å². The molecule has 29 heavy (non-hydrogen) atoms. The van der Waals surface area contributed by atoms with Gasteiger partial charge in [0.15, 0.2) is 11.6 Å². The van der Waals surface area contributed by atoms with Crippen LogP contribution in [0.5, 0.6) is 0 Å². The van der Waals surface area contributed by atoms with Crippen molar-refractivity contribution in [3.63, 3.8) is 0 Å². The third-order valence-electron chi connectivity index (χ3n) is 5.08. The number of nitrogens with zero attached hydrogens (tertiary/aromatic N) is 3. The van der Waals surface area contributed by atoms with Gasteiger partial charge in [0.2, 0.25) is 0 Å². The molecular formula is C21H20F3N3OS. The third kappa shape index (κ3) is 4.29. The van der Waals surface area contributed by atoms with Crippen LogP contribution in [0.25, 0.3) is 0 Å². The van der Waals surface area contributed by atoms with Crippen LogP contribution in [0.1, 0.15) is 22.2 Å². The molecule has 4 rings (SSSR count). The zero-order chi connectivity index (χ0) is 20.4. The normalized spacial score (nSPS) is 16.2. The van der Waals surface area contributed by atoms with Gasteiger partial charge in [0.1, 0.15) is 16.9 Å². The highest BCUT2D eigenvalue weighted by Gasteiger charge is 2.26. The first-order valence-electron chi connectivity index (χ1n) is 9.30. The average Bonchev–Trinajstić information content (AvgIpc) is 3.26. The lowest BCUT2D eigenvalue weighted by Gasteiger charge is -2.37. The summed E-state index contributed by atoms with van der Waals surface area (Å²) >= 11 is 1.32. The van der Waals surface area contributed by atoms with Gasteiger partial charge in [-0.2, -0.15) is 0 Å². The van der Waals surface area contributed by atoms with E-state index in [0.29, 0.717) is 54.5 Å². The fraction of sp³-hybridized carbons (Fsp3) is 0.286. The highest BCUT2D eigenvalue weighted by Crippen LogP contribution is 2.34. The molecule has 152 valence electrons. The number of thiazole rings is 1. The summed E-state index contributed by atoms with van der Waals surface area (Å²) in [6.07, 6.45) is 0.625. The van der Waals surface area contributed by atoms with Crippen molar-refractivity contribution < 1.29 is 18.3 Å². The van der Waals surface area contributed by atoms with Gasteiger partial charge in [0.25, 0.3) is 0 Å². The Labute approximate surface area is 170 Å². The standard InChI is InChI=1S/C21H20F3N3OS/c22-16-5-4-14(12-18(16)24)13-26-7-9-27(10-8-26)19-15(2-1-3-17(19)23)20(28)21-25-6-11-29-21/h1-6,11-12,20,28H,7-10,13H2/t20-/m0/s1. The molecule has 1 aliphatic rings. The van der Waals surface area contributed by atoms with Crippen LogP contribution < -0.4 is 4.90 Å². The zero-order valence-electron chi connectivity index (χ0n) is 15.6. The SMILES string of the molecule is O[C@H](c1nccs1)c1cccc(F)c1N1CCN(Cc2ccc(F)c(F)c2)CC1. The van der Waals surface area contributed by atoms with E-state index in [9.17, 15) is 18.3 Å². The van der Waals surface area contributed by atoms with Crippen molar-refractivity contribution >= 4 is 17.0 Å². The monoisotopic (exact) mass is 419 g/mol. The van der Waals surface area contributed by atoms with Gasteiger partial charge in [-0.3, -0.25) is 4.90 Å². The van der Waals surface area contributed by atoms with Gasteiger partial charge in [-0.15, -0.1) is 11.3 Å². The Morgan fingerprint density at radius 2 is 1.79 bits per heavy atom. The highest BCUT2D eigenvalue weighted by atomic mass is 32.1. The third-order valence-corrected chi connectivity index (χ3v) is 5.90. The second-order valence-corrected chi connectivity index (χ2v) is 7.89. The zero-order valence-corrected chi connectivity index (χ0v) is 16.4. The molecule has 1 fully saturated rings. The lowest BCUT2D eigenvalue weighted by molar-refractivity contribution is 0.217. The van der Waals surface area contributed by atoms with Crippen LogP contribution in [0.4, 0.5) is 18.9 Å². The lowest BCUT2D eigenvalue weighted by Crippen LogP contribution is -2.46. The molecule has 1 atom stereocenters. The molecular weight excluding hydrogens is 399 g/mol. The van der Waals surface area contributed by atoms with E-state index in [2.05, 4.69) is 9.88 Å². The molecule has 0 spiro atoms. The summed E-state index contributed by atoms with van der Waals surface area (Å²) in [4.78, 5) is 8.17. The minimum atomic E-state index is -0.985. The second kappa shape index (κ2) is 8.52. The van der Waals surface area contributed by atoms with Crippen molar-refractivity contribution in [2.24, 2.45) is 0 Å². The molecule has 0 radical (unpaired) electrons. The van der Waals surface area contributed by atoms with E-state index in [1.54, 1.807) is 29.8 Å². The van der Waals surface area contributed by atoms with Crippen LogP contribution in [0, 0.1) is 17.5 Å². The molecule has 0 aliphatic carbocycles. The molecule has 0 unspecified atom stereocenters. The molecule has 8 heteroatoms. The summed E-state index contributed by atoms with van der Waals surface area (Å²) in [6, 6.07) is 8.61. The number of aliphatic hydroxyl groups excluding tert-OH is 1. The van der Waals surface area contributed by atoms with Crippen LogP contribution in [-0.4, -0.2) is 41.2 Å². The Balaban J connectivity index is 1.48. The summed E-state index contributed by atoms with van der Waals surface area (Å²) in [5.74, 6) is -2.09. The molecule has 2 heterocycles. The first-order valence-corrected chi connectivity index (χ1v) is 10.2. The number of para-hydroxylation sites is 1. The topological polar surface area (TPSA) is 39.6 Å². The van der Waals surface area contributed by atoms with E-state index >= 15 is 0 Å². The van der Waals surface area contributed by atoms with E-state index in [1.165, 1.54) is 23.5 Å². The van der Waals surface area contributed by atoms with Crippen molar-refractivity contribution in [3.8, 4) is 0 Å². The Kier molecular flexibility index (Phi) is 5.84. The molecule has 0 saturated carbocycles. The average molecular weight is 419 g/mol. The largest absolute Gasteiger partial charge is 0.381 e. The number of aliphatic hydroxyl groups is 1. The molecule has 1 saturated heterocycles. The number of aromatic nitrogens is 1. The maximum atomic E-state index is 14.7. The first kappa shape index (κ1) is 19.9. The Hall–Kier alpha value is -2.42. The fourth-order valence-corrected chi connectivity index (χ4v) is 4.25. The van der Waals surface area contributed by atoms with Gasteiger partial charge in [0, 0.05) is 49.9 Å². The van der Waals surface area contributed by atoms with Crippen molar-refractivity contribution in [1.29, 1.82) is 0 Å². The Bertz CT molecular complexity index is 975. The molecule has 0 amide bonds. The number of hydrogen-bond acceptors (Lipinski definition) is 5. The van der Waals surface area contributed by atoms with E-state index in [4.69, 9.17) is 0 Å². The number of rotatable bonds is 5. The molecule has 3 aromatic rings. The highest BCUT2D eigenvalue weighted by molar-refractivity contribution is 7.09. The molecule has 1 aromatic heterocycles. The van der Waals surface area contributed by atoms with E-state index in [-0.39, 0.29) is 5.82 Å². The number of hydrogen-bond donors (Lipinski definition) is 1. The quantitative estimate of drug-likeness (QED) is 0.680. The van der Waals surface area contributed by atoms with Crippen LogP contribution in [-0.2, 0) is 6.54 Å². The summed E-state index contributed by atoms with van der Waals surface area (Å²) in [7, 11) is 0. The van der Waals surface area contributed by atoms with Gasteiger partial charge in [0.05, 0.1) is 5.69 Å². The second-order valence-electron chi connectivity index (χ2n) is 6.96. The van der Waals surface area contributed by atoms with Gasteiger partial charge >= 0.3 is 0 Å². The Morgan fingerprint density at radius 3 is 2.48 bits per heavy atom. The number of anilines is 1. The van der Waals surface area contributed by atoms with Crippen LogP contribution in [0.2, 0.25) is 0 Å². The lowest BCUT2D eigenvalue weighted by atomic mass is 10.0. The van der Waals surface area contributed by atoms with Crippen molar-refractivity contribution in [1.82, 2.24) is 9.88 Å². The molecule has 1 N–H and O–H groups in total. The first-order chi connectivity index (χ1) is 14.0. The van der Waals surface area contributed by atoms with Gasteiger partial charge < -0.3 is 10.0 Å². The maximum absolute atomic E-state index is 14.7. The van der Waals surface area contributed by atoms with Crippen LogP contribution >= 0.6 is 11.3 Å². The van der Waals surface area contributed by atoms with E-state index in [1.807, 2.05) is 4.90 Å². The smallest absolute Gasteiger partial charge is 0.159 e. The summed E-state index contributed by atoms with van der Waals surface area (Å²) in [5, 5.41) is 13.0. The minimum Gasteiger partial charge on any atom is -0.381 e. The van der Waals surface area contributed by atoms with Gasteiger partial charge in [-0.25, -0.2) is 18.2 Å². The summed E-state index contributed by atoms with van der Waals surface area (Å²) in [5.41, 5.74) is 1.58. The number of benzene rings is 2. The predicted octanol–water partition coefficient (Wildman–Crippen LogP) is 3.96. The fourth-order valence-electron chi connectivity index (χ4n) is 3.61. The Morgan fingerprint density at radius 1 is 1.00 bits per heavy atom. The van der Waals surface area contributed by atoms with Gasteiger partial charge in [-0.05, 0) is 23.8 Å². The molecule has 0 bridgehead atoms. The molecule has 1 aliphatic heterocycles. The maximum Gasteiger partial charge on any atom is 0.159 e. The van der Waals surface area contributed by atoms with Crippen molar-refractivity contribution in [2.45, 2.75) is 12.6 Å². The van der Waals surface area contributed by atoms with Gasteiger partial charge in [-0.1, -0.05) is 18.2 Å². The van der Waals surface area contributed by atoms with Crippen LogP contribution in [0.3, 0.4) is 0 Å². The minimum absolute atomic E-state index is 0.382. The van der Waals surface area contributed by atoms with Crippen LogP contribution in [0.15, 0.2) is 48.0 Å². The number of piperazine rings is 1.